The van der Waals surface area contributed by atoms with Gasteiger partial charge in [-0.3, -0.25) is 14.9 Å². The van der Waals surface area contributed by atoms with Crippen molar-refractivity contribution in [1.29, 1.82) is 0 Å². The quantitative estimate of drug-likeness (QED) is 0.648. The van der Waals surface area contributed by atoms with Crippen LogP contribution < -0.4 is 10.9 Å². The molecule has 0 saturated heterocycles. The lowest BCUT2D eigenvalue weighted by molar-refractivity contribution is 0.0634. The number of nitrogens with zero attached hydrogens (tertiary/aromatic N) is 2. The third-order valence-electron chi connectivity index (χ3n) is 4.43. The fraction of sp³-hybridized carbons (Fsp3) is 0.304. The highest BCUT2D eigenvalue weighted by Crippen LogP contribution is 2.16. The molecule has 2 N–H and O–H groups in total. The zero-order chi connectivity index (χ0) is 22.6. The van der Waals surface area contributed by atoms with Crippen LogP contribution in [0.15, 0.2) is 53.3 Å². The molecule has 0 saturated carbocycles. The average molecular weight is 422 g/mol. The van der Waals surface area contributed by atoms with Gasteiger partial charge in [-0.2, -0.15) is 0 Å². The second-order valence-electron chi connectivity index (χ2n) is 8.06. The number of carbonyl (C=O) groups is 2. The number of ether oxygens (including phenoxy) is 1. The van der Waals surface area contributed by atoms with Crippen molar-refractivity contribution in [3.63, 3.8) is 0 Å². The molecule has 0 aliphatic rings. The second kappa shape index (κ2) is 8.99. The Labute approximate surface area is 180 Å². The summed E-state index contributed by atoms with van der Waals surface area (Å²) in [4.78, 5) is 46.2. The Morgan fingerprint density at radius 3 is 2.58 bits per heavy atom. The van der Waals surface area contributed by atoms with Gasteiger partial charge in [-0.15, -0.1) is 0 Å². The number of amides is 2. The summed E-state index contributed by atoms with van der Waals surface area (Å²) in [5.41, 5.74) is 0.563. The van der Waals surface area contributed by atoms with Crippen LogP contribution in [0.3, 0.4) is 0 Å². The number of anilines is 1. The van der Waals surface area contributed by atoms with E-state index in [1.807, 2.05) is 13.0 Å². The van der Waals surface area contributed by atoms with Crippen LogP contribution in [-0.4, -0.2) is 39.0 Å². The van der Waals surface area contributed by atoms with Gasteiger partial charge in [-0.25, -0.2) is 9.78 Å². The summed E-state index contributed by atoms with van der Waals surface area (Å²) in [6, 6.07) is 13.7. The maximum Gasteiger partial charge on any atom is 0.412 e. The van der Waals surface area contributed by atoms with Crippen molar-refractivity contribution < 1.29 is 14.3 Å². The molecule has 8 heteroatoms. The number of nitrogens with one attached hydrogen (secondary N) is 2. The summed E-state index contributed by atoms with van der Waals surface area (Å²) >= 11 is 0. The lowest BCUT2D eigenvalue weighted by Crippen LogP contribution is -2.32. The van der Waals surface area contributed by atoms with Gasteiger partial charge in [0.15, 0.2) is 0 Å². The van der Waals surface area contributed by atoms with E-state index in [9.17, 15) is 14.4 Å². The molecule has 3 rings (SSSR count). The maximum atomic E-state index is 13.1. The number of benzene rings is 2. The molecule has 0 aliphatic carbocycles. The third-order valence-corrected chi connectivity index (χ3v) is 4.43. The minimum absolute atomic E-state index is 0.152. The van der Waals surface area contributed by atoms with E-state index in [0.717, 1.165) is 0 Å². The van der Waals surface area contributed by atoms with Crippen LogP contribution in [-0.2, 0) is 11.3 Å². The normalized spacial score (nSPS) is 11.2. The molecule has 2 aromatic carbocycles. The molecule has 2 amide bonds. The van der Waals surface area contributed by atoms with Crippen molar-refractivity contribution in [3.8, 4) is 0 Å². The van der Waals surface area contributed by atoms with Gasteiger partial charge in [-0.1, -0.05) is 18.2 Å². The molecule has 1 heterocycles. The van der Waals surface area contributed by atoms with E-state index >= 15 is 0 Å². The Morgan fingerprint density at radius 1 is 1.13 bits per heavy atom. The molecule has 0 radical (unpaired) electrons. The molecule has 0 bridgehead atoms. The Kier molecular flexibility index (Phi) is 6.39. The number of H-pyrrole nitrogens is 1. The Hall–Kier alpha value is -3.68. The minimum Gasteiger partial charge on any atom is -0.444 e. The van der Waals surface area contributed by atoms with Crippen LogP contribution >= 0.6 is 0 Å². The molecular formula is C23H26N4O4. The van der Waals surface area contributed by atoms with Gasteiger partial charge in [-0.05, 0) is 58.0 Å². The van der Waals surface area contributed by atoms with Crippen LogP contribution in [0, 0.1) is 0 Å². The molecule has 0 aliphatic heterocycles. The lowest BCUT2D eigenvalue weighted by Gasteiger charge is -2.21. The van der Waals surface area contributed by atoms with Crippen molar-refractivity contribution in [3.05, 3.63) is 70.3 Å². The first-order valence-electron chi connectivity index (χ1n) is 10.0. The third kappa shape index (κ3) is 5.69. The van der Waals surface area contributed by atoms with Crippen molar-refractivity contribution in [2.45, 2.75) is 39.8 Å². The van der Waals surface area contributed by atoms with E-state index in [2.05, 4.69) is 15.3 Å². The molecule has 3 aromatic rings. The summed E-state index contributed by atoms with van der Waals surface area (Å²) < 4.78 is 5.25. The Balaban J connectivity index is 1.78. The van der Waals surface area contributed by atoms with E-state index in [1.165, 1.54) is 0 Å². The van der Waals surface area contributed by atoms with E-state index in [-0.39, 0.29) is 18.0 Å². The summed E-state index contributed by atoms with van der Waals surface area (Å²) in [6.45, 7) is 7.74. The van der Waals surface area contributed by atoms with Gasteiger partial charge in [0.1, 0.15) is 11.4 Å². The van der Waals surface area contributed by atoms with E-state index in [1.54, 1.807) is 68.1 Å². The number of aromatic amines is 1. The van der Waals surface area contributed by atoms with Crippen molar-refractivity contribution in [2.24, 2.45) is 0 Å². The smallest absolute Gasteiger partial charge is 0.412 e. The monoisotopic (exact) mass is 422 g/mol. The zero-order valence-corrected chi connectivity index (χ0v) is 18.1. The first kappa shape index (κ1) is 22.0. The molecule has 8 nitrogen and oxygen atoms in total. The van der Waals surface area contributed by atoms with Gasteiger partial charge < -0.3 is 14.6 Å². The van der Waals surface area contributed by atoms with Gasteiger partial charge in [0.05, 0.1) is 17.4 Å². The molecular weight excluding hydrogens is 396 g/mol. The average Bonchev–Trinajstić information content (AvgIpc) is 2.70. The number of para-hydroxylation sites is 1. The largest absolute Gasteiger partial charge is 0.444 e. The second-order valence-corrected chi connectivity index (χ2v) is 8.06. The number of hydrogen-bond acceptors (Lipinski definition) is 5. The predicted molar refractivity (Wildman–Crippen MR) is 119 cm³/mol. The maximum absolute atomic E-state index is 13.1. The molecule has 0 fully saturated rings. The van der Waals surface area contributed by atoms with Gasteiger partial charge in [0.2, 0.25) is 0 Å². The first-order valence-corrected chi connectivity index (χ1v) is 10.0. The van der Waals surface area contributed by atoms with Crippen LogP contribution in [0.5, 0.6) is 0 Å². The van der Waals surface area contributed by atoms with Gasteiger partial charge in [0.25, 0.3) is 11.5 Å². The highest BCUT2D eigenvalue weighted by Gasteiger charge is 2.19. The fourth-order valence-electron chi connectivity index (χ4n) is 3.05. The SMILES string of the molecule is CCN(Cc1nc2ccccc2c(=O)[nH]1)C(=O)c1cccc(NC(=O)OC(C)(C)C)c1. The van der Waals surface area contributed by atoms with Gasteiger partial charge >= 0.3 is 6.09 Å². The molecule has 162 valence electrons. The number of rotatable bonds is 5. The van der Waals surface area contributed by atoms with E-state index in [0.29, 0.717) is 34.5 Å². The van der Waals surface area contributed by atoms with Crippen molar-refractivity contribution >= 4 is 28.6 Å². The van der Waals surface area contributed by atoms with Crippen LogP contribution in [0.25, 0.3) is 10.9 Å². The van der Waals surface area contributed by atoms with Crippen molar-refractivity contribution in [1.82, 2.24) is 14.9 Å². The standard InChI is InChI=1S/C23H26N4O4/c1-5-27(14-19-25-18-12-7-6-11-17(18)20(28)26-19)21(29)15-9-8-10-16(13-15)24-22(30)31-23(2,3)4/h6-13H,5,14H2,1-4H3,(H,24,30)(H,25,26,28). The first-order chi connectivity index (χ1) is 14.7. The molecule has 1 aromatic heterocycles. The topological polar surface area (TPSA) is 104 Å². The zero-order valence-electron chi connectivity index (χ0n) is 18.1. The van der Waals surface area contributed by atoms with E-state index in [4.69, 9.17) is 4.74 Å². The molecule has 0 unspecified atom stereocenters. The Bertz CT molecular complexity index is 1160. The number of hydrogen-bond donors (Lipinski definition) is 2. The molecule has 0 spiro atoms. The van der Waals surface area contributed by atoms with Crippen LogP contribution in [0.1, 0.15) is 43.9 Å². The highest BCUT2D eigenvalue weighted by molar-refractivity contribution is 5.96. The van der Waals surface area contributed by atoms with Crippen LogP contribution in [0.4, 0.5) is 10.5 Å². The molecule has 31 heavy (non-hydrogen) atoms. The highest BCUT2D eigenvalue weighted by atomic mass is 16.6. The fourth-order valence-corrected chi connectivity index (χ4v) is 3.05. The summed E-state index contributed by atoms with van der Waals surface area (Å²) in [5.74, 6) is 0.160. The Morgan fingerprint density at radius 2 is 1.87 bits per heavy atom. The lowest BCUT2D eigenvalue weighted by atomic mass is 10.1. The van der Waals surface area contributed by atoms with Crippen LogP contribution in [0.2, 0.25) is 0 Å². The van der Waals surface area contributed by atoms with Crippen molar-refractivity contribution in [2.75, 3.05) is 11.9 Å². The predicted octanol–water partition coefficient (Wildman–Crippen LogP) is 3.93. The summed E-state index contributed by atoms with van der Waals surface area (Å²) in [5, 5.41) is 3.14. The summed E-state index contributed by atoms with van der Waals surface area (Å²) in [7, 11) is 0. The number of fused-ring (bicyclic) bond motifs is 1. The number of aromatic nitrogens is 2. The minimum atomic E-state index is -0.625. The molecule has 0 atom stereocenters. The van der Waals surface area contributed by atoms with Gasteiger partial charge in [0, 0.05) is 17.8 Å². The summed E-state index contributed by atoms with van der Waals surface area (Å²) in [6.07, 6.45) is -0.595. The number of carbonyl (C=O) groups excluding carboxylic acids is 2. The van der Waals surface area contributed by atoms with E-state index < -0.39 is 11.7 Å².